The summed E-state index contributed by atoms with van der Waals surface area (Å²) in [5.41, 5.74) is 3.38. The number of hydrogen-bond donors (Lipinski definition) is 2. The SMILES string of the molecule is Cc1cc2cnn(C3CCCCO3)c2cc1C(CO)CCCO. The van der Waals surface area contributed by atoms with E-state index in [-0.39, 0.29) is 25.4 Å². The quantitative estimate of drug-likeness (QED) is 0.859. The van der Waals surface area contributed by atoms with Crippen LogP contribution in [0.2, 0.25) is 0 Å². The largest absolute Gasteiger partial charge is 0.396 e. The maximum absolute atomic E-state index is 9.74. The molecule has 0 amide bonds. The smallest absolute Gasteiger partial charge is 0.150 e. The van der Waals surface area contributed by atoms with Crippen molar-refractivity contribution in [2.75, 3.05) is 19.8 Å². The first-order valence-electron chi connectivity index (χ1n) is 8.55. The predicted molar refractivity (Wildman–Crippen MR) is 89.5 cm³/mol. The molecule has 3 rings (SSSR count). The molecule has 1 fully saturated rings. The van der Waals surface area contributed by atoms with E-state index in [9.17, 15) is 5.11 Å². The van der Waals surface area contributed by atoms with Gasteiger partial charge >= 0.3 is 0 Å². The van der Waals surface area contributed by atoms with Crippen LogP contribution in [0.4, 0.5) is 0 Å². The van der Waals surface area contributed by atoms with E-state index in [4.69, 9.17) is 9.84 Å². The Morgan fingerprint density at radius 1 is 1.35 bits per heavy atom. The van der Waals surface area contributed by atoms with E-state index >= 15 is 0 Å². The molecule has 1 aliphatic heterocycles. The molecule has 1 aromatic heterocycles. The van der Waals surface area contributed by atoms with Crippen LogP contribution in [-0.4, -0.2) is 39.8 Å². The van der Waals surface area contributed by atoms with Crippen molar-refractivity contribution in [2.24, 2.45) is 0 Å². The number of nitrogens with zero attached hydrogens (tertiary/aromatic N) is 2. The van der Waals surface area contributed by atoms with Crippen LogP contribution in [0.3, 0.4) is 0 Å². The van der Waals surface area contributed by atoms with E-state index in [0.717, 1.165) is 42.3 Å². The van der Waals surface area contributed by atoms with E-state index in [1.54, 1.807) is 0 Å². The van der Waals surface area contributed by atoms with Gasteiger partial charge in [0.1, 0.15) is 0 Å². The molecule has 0 saturated carbocycles. The third-order valence-corrected chi connectivity index (χ3v) is 4.78. The molecule has 23 heavy (non-hydrogen) atoms. The van der Waals surface area contributed by atoms with Crippen LogP contribution in [0.1, 0.15) is 55.4 Å². The van der Waals surface area contributed by atoms with Crippen molar-refractivity contribution in [2.45, 2.75) is 51.2 Å². The number of aliphatic hydroxyl groups excluding tert-OH is 2. The molecule has 2 aromatic rings. The highest BCUT2D eigenvalue weighted by atomic mass is 16.5. The van der Waals surface area contributed by atoms with Gasteiger partial charge in [0.15, 0.2) is 6.23 Å². The number of aryl methyl sites for hydroxylation is 1. The van der Waals surface area contributed by atoms with Gasteiger partial charge in [-0.1, -0.05) is 0 Å². The van der Waals surface area contributed by atoms with E-state index in [2.05, 4.69) is 24.2 Å². The zero-order valence-electron chi connectivity index (χ0n) is 13.7. The van der Waals surface area contributed by atoms with Crippen LogP contribution in [0.15, 0.2) is 18.3 Å². The molecular weight excluding hydrogens is 292 g/mol. The lowest BCUT2D eigenvalue weighted by Gasteiger charge is -2.24. The molecular formula is C18H26N2O3. The molecule has 0 spiro atoms. The Morgan fingerprint density at radius 2 is 2.22 bits per heavy atom. The van der Waals surface area contributed by atoms with Crippen molar-refractivity contribution < 1.29 is 14.9 Å². The molecule has 2 unspecified atom stereocenters. The molecule has 1 aliphatic rings. The standard InChI is InChI=1S/C18H26N2O3/c1-13-9-15-11-19-20(18-6-2-3-8-23-18)17(15)10-16(13)14(12-22)5-4-7-21/h9-11,14,18,21-22H,2-8,12H2,1H3. The highest BCUT2D eigenvalue weighted by Crippen LogP contribution is 2.31. The van der Waals surface area contributed by atoms with Gasteiger partial charge in [-0.3, -0.25) is 0 Å². The lowest BCUT2D eigenvalue weighted by Crippen LogP contribution is -2.19. The fourth-order valence-corrected chi connectivity index (χ4v) is 3.49. The Hall–Kier alpha value is -1.43. The minimum absolute atomic E-state index is 0.0156. The van der Waals surface area contributed by atoms with Gasteiger partial charge in [0, 0.05) is 31.1 Å². The first-order valence-corrected chi connectivity index (χ1v) is 8.55. The molecule has 0 aliphatic carbocycles. The lowest BCUT2D eigenvalue weighted by atomic mass is 9.90. The lowest BCUT2D eigenvalue weighted by molar-refractivity contribution is -0.0366. The highest BCUT2D eigenvalue weighted by molar-refractivity contribution is 5.80. The number of ether oxygens (including phenoxy) is 1. The summed E-state index contributed by atoms with van der Waals surface area (Å²) in [6.07, 6.45) is 6.68. The molecule has 5 heteroatoms. The number of benzene rings is 1. The van der Waals surface area contributed by atoms with E-state index in [1.807, 2.05) is 10.9 Å². The summed E-state index contributed by atoms with van der Waals surface area (Å²) < 4.78 is 7.85. The molecule has 1 saturated heterocycles. The number of aliphatic hydroxyl groups is 2. The zero-order valence-corrected chi connectivity index (χ0v) is 13.7. The Balaban J connectivity index is 1.97. The molecule has 0 bridgehead atoms. The number of rotatable bonds is 6. The Labute approximate surface area is 136 Å². The average molecular weight is 318 g/mol. The summed E-state index contributed by atoms with van der Waals surface area (Å²) in [7, 11) is 0. The van der Waals surface area contributed by atoms with Crippen LogP contribution in [0.5, 0.6) is 0 Å². The minimum atomic E-state index is 0.0156. The van der Waals surface area contributed by atoms with Gasteiger partial charge < -0.3 is 14.9 Å². The summed E-state index contributed by atoms with van der Waals surface area (Å²) in [5, 5.41) is 24.5. The first-order chi connectivity index (χ1) is 11.2. The summed E-state index contributed by atoms with van der Waals surface area (Å²) in [6, 6.07) is 4.28. The molecule has 2 heterocycles. The Morgan fingerprint density at radius 3 is 2.91 bits per heavy atom. The minimum Gasteiger partial charge on any atom is -0.396 e. The predicted octanol–water partition coefficient (Wildman–Crippen LogP) is 2.89. The topological polar surface area (TPSA) is 67.5 Å². The van der Waals surface area contributed by atoms with Gasteiger partial charge in [0.25, 0.3) is 0 Å². The Bertz CT molecular complexity index is 647. The molecule has 5 nitrogen and oxygen atoms in total. The van der Waals surface area contributed by atoms with Gasteiger partial charge in [-0.15, -0.1) is 0 Å². The molecule has 2 atom stereocenters. The third kappa shape index (κ3) is 3.42. The maximum Gasteiger partial charge on any atom is 0.150 e. The van der Waals surface area contributed by atoms with Gasteiger partial charge in [0.2, 0.25) is 0 Å². The van der Waals surface area contributed by atoms with Crippen LogP contribution in [-0.2, 0) is 4.74 Å². The van der Waals surface area contributed by atoms with Crippen molar-refractivity contribution in [1.82, 2.24) is 9.78 Å². The molecule has 1 aromatic carbocycles. The van der Waals surface area contributed by atoms with Crippen molar-refractivity contribution in [1.29, 1.82) is 0 Å². The van der Waals surface area contributed by atoms with E-state index in [1.165, 1.54) is 12.0 Å². The van der Waals surface area contributed by atoms with Crippen LogP contribution in [0, 0.1) is 6.92 Å². The van der Waals surface area contributed by atoms with Crippen molar-refractivity contribution in [3.63, 3.8) is 0 Å². The fraction of sp³-hybridized carbons (Fsp3) is 0.611. The molecule has 2 N–H and O–H groups in total. The van der Waals surface area contributed by atoms with Crippen molar-refractivity contribution in [3.05, 3.63) is 29.5 Å². The second kappa shape index (κ2) is 7.43. The summed E-state index contributed by atoms with van der Waals surface area (Å²) in [6.45, 7) is 3.12. The molecule has 0 radical (unpaired) electrons. The number of aromatic nitrogens is 2. The van der Waals surface area contributed by atoms with Crippen LogP contribution in [0.25, 0.3) is 10.9 Å². The highest BCUT2D eigenvalue weighted by Gasteiger charge is 2.20. The van der Waals surface area contributed by atoms with Gasteiger partial charge in [-0.25, -0.2) is 4.68 Å². The second-order valence-electron chi connectivity index (χ2n) is 6.42. The van der Waals surface area contributed by atoms with E-state index in [0.29, 0.717) is 6.42 Å². The normalized spacial score (nSPS) is 20.0. The number of fused-ring (bicyclic) bond motifs is 1. The number of hydrogen-bond acceptors (Lipinski definition) is 4. The van der Waals surface area contributed by atoms with Crippen molar-refractivity contribution in [3.8, 4) is 0 Å². The Kier molecular flexibility index (Phi) is 5.30. The fourth-order valence-electron chi connectivity index (χ4n) is 3.49. The summed E-state index contributed by atoms with van der Waals surface area (Å²) in [4.78, 5) is 0. The zero-order chi connectivity index (χ0) is 16.2. The van der Waals surface area contributed by atoms with Gasteiger partial charge in [0.05, 0.1) is 11.7 Å². The molecule has 126 valence electrons. The first kappa shape index (κ1) is 16.4. The second-order valence-corrected chi connectivity index (χ2v) is 6.42. The maximum atomic E-state index is 9.74. The monoisotopic (exact) mass is 318 g/mol. The van der Waals surface area contributed by atoms with Crippen LogP contribution < -0.4 is 0 Å². The van der Waals surface area contributed by atoms with Gasteiger partial charge in [-0.05, 0) is 62.3 Å². The van der Waals surface area contributed by atoms with Gasteiger partial charge in [-0.2, -0.15) is 5.10 Å². The third-order valence-electron chi connectivity index (χ3n) is 4.78. The van der Waals surface area contributed by atoms with Crippen molar-refractivity contribution >= 4 is 10.9 Å². The van der Waals surface area contributed by atoms with Crippen LogP contribution >= 0.6 is 0 Å². The van der Waals surface area contributed by atoms with E-state index < -0.39 is 0 Å². The summed E-state index contributed by atoms with van der Waals surface area (Å²) in [5.74, 6) is 0.0576. The summed E-state index contributed by atoms with van der Waals surface area (Å²) >= 11 is 0. The average Bonchev–Trinajstić information content (AvgIpc) is 2.99.